The molecule has 3 heterocycles. The third-order valence-electron chi connectivity index (χ3n) is 7.10. The molecule has 0 spiro atoms. The first kappa shape index (κ1) is 25.4. The molecule has 0 atom stereocenters. The summed E-state index contributed by atoms with van der Waals surface area (Å²) < 4.78 is 35.7. The topological polar surface area (TPSA) is 132 Å². The molecule has 1 aliphatic carbocycles. The molecule has 34 heavy (non-hydrogen) atoms. The van der Waals surface area contributed by atoms with Gasteiger partial charge < -0.3 is 14.4 Å². The molecule has 1 amide bonds. The molecule has 1 saturated carbocycles. The van der Waals surface area contributed by atoms with Crippen molar-refractivity contribution in [3.63, 3.8) is 0 Å². The second-order valence-corrected chi connectivity index (χ2v) is 12.6. The number of hydrogen-bond donors (Lipinski definition) is 1. The van der Waals surface area contributed by atoms with Crippen molar-refractivity contribution >= 4 is 15.7 Å². The van der Waals surface area contributed by atoms with Crippen molar-refractivity contribution in [3.8, 4) is 0 Å². The molecular formula is C21H37N7O5S. The van der Waals surface area contributed by atoms with E-state index < -0.39 is 15.4 Å². The van der Waals surface area contributed by atoms with Gasteiger partial charge >= 0.3 is 0 Å². The zero-order valence-corrected chi connectivity index (χ0v) is 21.2. The van der Waals surface area contributed by atoms with Gasteiger partial charge in [0.25, 0.3) is 0 Å². The van der Waals surface area contributed by atoms with Gasteiger partial charge in [0, 0.05) is 46.1 Å². The van der Waals surface area contributed by atoms with E-state index in [9.17, 15) is 13.2 Å². The third-order valence-corrected chi connectivity index (χ3v) is 8.08. The van der Waals surface area contributed by atoms with Crippen molar-refractivity contribution in [3.05, 3.63) is 5.82 Å². The molecule has 2 saturated heterocycles. The van der Waals surface area contributed by atoms with Gasteiger partial charge in [-0.15, -0.1) is 5.10 Å². The number of tetrazole rings is 1. The number of carbonyl (C=O) groups is 1. The van der Waals surface area contributed by atoms with Crippen LogP contribution < -0.4 is 5.32 Å². The minimum atomic E-state index is -3.00. The maximum atomic E-state index is 12.2. The lowest BCUT2D eigenvalue weighted by Crippen LogP contribution is -2.74. The van der Waals surface area contributed by atoms with Crippen LogP contribution in [0.15, 0.2) is 0 Å². The van der Waals surface area contributed by atoms with Gasteiger partial charge in [-0.3, -0.25) is 15.0 Å². The molecule has 192 valence electrons. The van der Waals surface area contributed by atoms with Crippen LogP contribution in [-0.2, 0) is 36.2 Å². The molecule has 4 rings (SSSR count). The van der Waals surface area contributed by atoms with E-state index in [1.165, 1.54) is 13.4 Å². The lowest BCUT2D eigenvalue weighted by atomic mass is 9.65. The number of carbonyl (C=O) groups excluding carboxylic acids is 1. The van der Waals surface area contributed by atoms with Crippen molar-refractivity contribution in [2.75, 3.05) is 71.7 Å². The maximum absolute atomic E-state index is 12.2. The van der Waals surface area contributed by atoms with Crippen LogP contribution in [0.3, 0.4) is 0 Å². The highest BCUT2D eigenvalue weighted by atomic mass is 32.2. The molecule has 1 N–H and O–H groups in total. The number of amides is 1. The van der Waals surface area contributed by atoms with Gasteiger partial charge in [0.15, 0.2) is 5.82 Å². The molecule has 1 aromatic rings. The van der Waals surface area contributed by atoms with Crippen LogP contribution in [0.4, 0.5) is 0 Å². The van der Waals surface area contributed by atoms with Gasteiger partial charge in [-0.05, 0) is 42.5 Å². The second-order valence-electron chi connectivity index (χ2n) is 10.3. The van der Waals surface area contributed by atoms with E-state index in [4.69, 9.17) is 9.47 Å². The van der Waals surface area contributed by atoms with Gasteiger partial charge in [0.2, 0.25) is 5.91 Å². The average Bonchev–Trinajstić information content (AvgIpc) is 3.21. The average molecular weight is 500 g/mol. The Labute approximate surface area is 201 Å². The lowest BCUT2D eigenvalue weighted by Gasteiger charge is -2.57. The smallest absolute Gasteiger partial charge is 0.248 e. The molecule has 0 radical (unpaired) electrons. The van der Waals surface area contributed by atoms with Gasteiger partial charge in [-0.25, -0.2) is 13.1 Å². The SMILES string of the molecule is COCC(=O)N1CC(C)(NC2(c3nnnn3CCN3CCOCC3)CC(CCS(C)(=O)=O)C2)C1. The second kappa shape index (κ2) is 10.1. The fourth-order valence-electron chi connectivity index (χ4n) is 5.45. The highest BCUT2D eigenvalue weighted by molar-refractivity contribution is 7.90. The molecule has 0 bridgehead atoms. The number of methoxy groups -OCH3 is 1. The Kier molecular flexibility index (Phi) is 7.58. The molecule has 1 aromatic heterocycles. The normalized spacial score (nSPS) is 27.3. The summed E-state index contributed by atoms with van der Waals surface area (Å²) in [5, 5.41) is 16.5. The molecule has 0 aromatic carbocycles. The van der Waals surface area contributed by atoms with Gasteiger partial charge in [-0.2, -0.15) is 0 Å². The van der Waals surface area contributed by atoms with Crippen molar-refractivity contribution in [1.82, 2.24) is 35.3 Å². The van der Waals surface area contributed by atoms with E-state index >= 15 is 0 Å². The third kappa shape index (κ3) is 5.93. The number of hydrogen-bond acceptors (Lipinski definition) is 10. The largest absolute Gasteiger partial charge is 0.379 e. The summed E-state index contributed by atoms with van der Waals surface area (Å²) in [6.07, 6.45) is 3.45. The number of aromatic nitrogens is 4. The van der Waals surface area contributed by atoms with E-state index in [2.05, 4.69) is 32.7 Å². The van der Waals surface area contributed by atoms with Crippen LogP contribution in [0.1, 0.15) is 32.0 Å². The predicted octanol–water partition coefficient (Wildman–Crippen LogP) is -1.12. The first-order valence-electron chi connectivity index (χ1n) is 11.9. The number of sulfone groups is 1. The van der Waals surface area contributed by atoms with E-state index in [-0.39, 0.29) is 29.7 Å². The summed E-state index contributed by atoms with van der Waals surface area (Å²) in [4.78, 5) is 16.3. The van der Waals surface area contributed by atoms with E-state index in [1.54, 1.807) is 4.90 Å². The maximum Gasteiger partial charge on any atom is 0.248 e. The Morgan fingerprint density at radius 3 is 2.59 bits per heavy atom. The minimum Gasteiger partial charge on any atom is -0.379 e. The van der Waals surface area contributed by atoms with Crippen molar-refractivity contribution in [1.29, 1.82) is 0 Å². The van der Waals surface area contributed by atoms with Gasteiger partial charge in [-0.1, -0.05) is 0 Å². The van der Waals surface area contributed by atoms with E-state index in [0.29, 0.717) is 26.1 Å². The molecule has 12 nitrogen and oxygen atoms in total. The highest BCUT2D eigenvalue weighted by Gasteiger charge is 2.54. The molecule has 2 aliphatic heterocycles. The van der Waals surface area contributed by atoms with Crippen molar-refractivity contribution < 1.29 is 22.7 Å². The molecular weight excluding hydrogens is 462 g/mol. The van der Waals surface area contributed by atoms with Crippen LogP contribution in [-0.4, -0.2) is 122 Å². The fraction of sp³-hybridized carbons (Fsp3) is 0.905. The Balaban J connectivity index is 1.45. The lowest BCUT2D eigenvalue weighted by molar-refractivity contribution is -0.145. The standard InChI is InChI=1S/C21H37N7O5S/c1-20(15-27(16-20)18(29)14-32-2)23-21(12-17(13-21)4-11-34(3,30)31)19-22-24-25-28(19)6-5-26-7-9-33-10-8-26/h17,23H,4-16H2,1-3H3. The zero-order chi connectivity index (χ0) is 24.4. The quantitative estimate of drug-likeness (QED) is 0.399. The Bertz CT molecular complexity index is 950. The number of rotatable bonds is 11. The minimum absolute atomic E-state index is 0.0224. The fourth-order valence-corrected chi connectivity index (χ4v) is 6.22. The monoisotopic (exact) mass is 499 g/mol. The van der Waals surface area contributed by atoms with Crippen molar-refractivity contribution in [2.45, 2.75) is 43.8 Å². The van der Waals surface area contributed by atoms with Crippen LogP contribution >= 0.6 is 0 Å². The Hall–Kier alpha value is -1.67. The number of morpholine rings is 1. The van der Waals surface area contributed by atoms with Crippen LogP contribution in [0.5, 0.6) is 0 Å². The molecule has 3 fully saturated rings. The summed E-state index contributed by atoms with van der Waals surface area (Å²) in [6.45, 7) is 8.15. The van der Waals surface area contributed by atoms with Crippen LogP contribution in [0, 0.1) is 5.92 Å². The van der Waals surface area contributed by atoms with Crippen LogP contribution in [0.25, 0.3) is 0 Å². The zero-order valence-electron chi connectivity index (χ0n) is 20.4. The Morgan fingerprint density at radius 1 is 1.24 bits per heavy atom. The van der Waals surface area contributed by atoms with Gasteiger partial charge in [0.05, 0.1) is 36.6 Å². The number of nitrogens with zero attached hydrogens (tertiary/aromatic N) is 6. The summed E-state index contributed by atoms with van der Waals surface area (Å²) in [5.41, 5.74) is -0.714. The molecule has 0 unspecified atom stereocenters. The number of ether oxygens (including phenoxy) is 2. The summed E-state index contributed by atoms with van der Waals surface area (Å²) >= 11 is 0. The van der Waals surface area contributed by atoms with Crippen LogP contribution in [0.2, 0.25) is 0 Å². The molecule has 13 heteroatoms. The first-order chi connectivity index (χ1) is 16.1. The van der Waals surface area contributed by atoms with Crippen molar-refractivity contribution in [2.24, 2.45) is 5.92 Å². The summed E-state index contributed by atoms with van der Waals surface area (Å²) in [6, 6.07) is 0. The Morgan fingerprint density at radius 2 is 1.94 bits per heavy atom. The first-order valence-corrected chi connectivity index (χ1v) is 14.0. The van der Waals surface area contributed by atoms with Gasteiger partial charge in [0.1, 0.15) is 16.4 Å². The highest BCUT2D eigenvalue weighted by Crippen LogP contribution is 2.48. The van der Waals surface area contributed by atoms with E-state index in [1.807, 2.05) is 4.68 Å². The summed E-state index contributed by atoms with van der Waals surface area (Å²) in [7, 11) is -1.48. The number of nitrogens with one attached hydrogen (secondary N) is 1. The molecule has 3 aliphatic rings. The summed E-state index contributed by atoms with van der Waals surface area (Å²) in [5.74, 6) is 1.23. The van der Waals surface area contributed by atoms with E-state index in [0.717, 1.165) is 51.5 Å². The predicted molar refractivity (Wildman–Crippen MR) is 124 cm³/mol. The number of likely N-dealkylation sites (tertiary alicyclic amines) is 1.